The summed E-state index contributed by atoms with van der Waals surface area (Å²) in [5.74, 6) is 0.0818. The molecule has 0 bridgehead atoms. The van der Waals surface area contributed by atoms with Crippen LogP contribution in [0, 0.1) is 0 Å². The molecule has 0 aliphatic heterocycles. The summed E-state index contributed by atoms with van der Waals surface area (Å²) in [6.45, 7) is 2.84. The Bertz CT molecular complexity index is 605. The van der Waals surface area contributed by atoms with Crippen molar-refractivity contribution in [1.29, 1.82) is 0 Å². The van der Waals surface area contributed by atoms with Crippen LogP contribution in [-0.4, -0.2) is 31.4 Å². The molecule has 4 heteroatoms. The first kappa shape index (κ1) is 18.7. The zero-order chi connectivity index (χ0) is 17.4. The highest BCUT2D eigenvalue weighted by molar-refractivity contribution is 7.07. The van der Waals surface area contributed by atoms with E-state index in [0.29, 0.717) is 13.0 Å². The third-order valence-corrected chi connectivity index (χ3v) is 4.95. The summed E-state index contributed by atoms with van der Waals surface area (Å²) in [6, 6.07) is 10.8. The second-order valence-corrected chi connectivity index (χ2v) is 7.22. The zero-order valence-electron chi connectivity index (χ0n) is 14.9. The second kappa shape index (κ2) is 9.60. The molecule has 3 nitrogen and oxygen atoms in total. The van der Waals surface area contributed by atoms with E-state index in [-0.39, 0.29) is 11.9 Å². The topological polar surface area (TPSA) is 32.3 Å². The second-order valence-electron chi connectivity index (χ2n) is 6.44. The van der Waals surface area contributed by atoms with Crippen LogP contribution in [0.4, 0.5) is 0 Å². The van der Waals surface area contributed by atoms with Gasteiger partial charge in [-0.25, -0.2) is 0 Å². The van der Waals surface area contributed by atoms with E-state index in [4.69, 9.17) is 0 Å². The first-order chi connectivity index (χ1) is 11.6. The minimum absolute atomic E-state index is 0.0818. The monoisotopic (exact) mass is 344 g/mol. The van der Waals surface area contributed by atoms with Crippen molar-refractivity contribution in [2.24, 2.45) is 0 Å². The van der Waals surface area contributed by atoms with Gasteiger partial charge in [0.15, 0.2) is 0 Å². The van der Waals surface area contributed by atoms with Gasteiger partial charge < -0.3 is 10.2 Å². The van der Waals surface area contributed by atoms with Crippen LogP contribution in [0.3, 0.4) is 0 Å². The Hall–Kier alpha value is -1.65. The van der Waals surface area contributed by atoms with Crippen LogP contribution >= 0.6 is 11.3 Å². The molecule has 2 aromatic rings. The number of aryl methyl sites for hydroxylation is 1. The molecule has 0 radical (unpaired) electrons. The summed E-state index contributed by atoms with van der Waals surface area (Å²) in [4.78, 5) is 14.4. The normalized spacial score (nSPS) is 12.3. The largest absolute Gasteiger partial charge is 0.354 e. The van der Waals surface area contributed by atoms with Crippen LogP contribution in [0.1, 0.15) is 42.5 Å². The van der Waals surface area contributed by atoms with Crippen LogP contribution in [0.15, 0.2) is 41.1 Å². The summed E-state index contributed by atoms with van der Waals surface area (Å²) in [7, 11) is 4.09. The Morgan fingerprint density at radius 1 is 1.17 bits per heavy atom. The molecule has 1 atom stereocenters. The fraction of sp³-hybridized carbons (Fsp3) is 0.450. The molecule has 0 spiro atoms. The number of hydrogen-bond donors (Lipinski definition) is 1. The molecule has 1 N–H and O–H groups in total. The predicted molar refractivity (Wildman–Crippen MR) is 103 cm³/mol. The third kappa shape index (κ3) is 5.77. The maximum absolute atomic E-state index is 12.2. The molecule has 1 unspecified atom stereocenters. The summed E-state index contributed by atoms with van der Waals surface area (Å²) in [5, 5.41) is 7.30. The van der Waals surface area contributed by atoms with Crippen molar-refractivity contribution < 1.29 is 4.79 Å². The molecule has 24 heavy (non-hydrogen) atoms. The highest BCUT2D eigenvalue weighted by Gasteiger charge is 2.15. The van der Waals surface area contributed by atoms with Crippen LogP contribution in [0.2, 0.25) is 0 Å². The van der Waals surface area contributed by atoms with Gasteiger partial charge in [-0.1, -0.05) is 37.6 Å². The summed E-state index contributed by atoms with van der Waals surface area (Å²) in [5.41, 5.74) is 3.68. The number of thiophene rings is 1. The van der Waals surface area contributed by atoms with E-state index < -0.39 is 0 Å². The Labute approximate surface area is 149 Å². The van der Waals surface area contributed by atoms with Gasteiger partial charge in [0.05, 0.1) is 12.5 Å². The van der Waals surface area contributed by atoms with E-state index in [0.717, 1.165) is 12.0 Å². The van der Waals surface area contributed by atoms with Crippen molar-refractivity contribution >= 4 is 17.2 Å². The number of nitrogens with one attached hydrogen (secondary N) is 1. The molecule has 1 heterocycles. The molecule has 1 aromatic carbocycles. The van der Waals surface area contributed by atoms with Crippen molar-refractivity contribution in [1.82, 2.24) is 10.2 Å². The van der Waals surface area contributed by atoms with Crippen LogP contribution in [-0.2, 0) is 17.6 Å². The molecular weight excluding hydrogens is 316 g/mol. The van der Waals surface area contributed by atoms with Gasteiger partial charge in [-0.2, -0.15) is 11.3 Å². The number of benzene rings is 1. The highest BCUT2D eigenvalue weighted by atomic mass is 32.1. The molecular formula is C20H28N2OS. The number of likely N-dealkylation sites (N-methyl/N-ethyl adjacent to an activating group) is 1. The summed E-state index contributed by atoms with van der Waals surface area (Å²) >= 11 is 1.69. The van der Waals surface area contributed by atoms with Crippen molar-refractivity contribution in [2.75, 3.05) is 20.6 Å². The fourth-order valence-electron chi connectivity index (χ4n) is 2.73. The number of carbonyl (C=O) groups excluding carboxylic acids is 1. The van der Waals surface area contributed by atoms with Gasteiger partial charge in [0.25, 0.3) is 0 Å². The van der Waals surface area contributed by atoms with Crippen LogP contribution in [0.25, 0.3) is 0 Å². The smallest absolute Gasteiger partial charge is 0.224 e. The van der Waals surface area contributed by atoms with Crippen molar-refractivity contribution in [3.63, 3.8) is 0 Å². The van der Waals surface area contributed by atoms with Crippen LogP contribution < -0.4 is 5.32 Å². The van der Waals surface area contributed by atoms with Crippen molar-refractivity contribution in [3.8, 4) is 0 Å². The third-order valence-electron chi connectivity index (χ3n) is 4.25. The molecule has 0 saturated heterocycles. The molecule has 0 aliphatic rings. The van der Waals surface area contributed by atoms with Crippen molar-refractivity contribution in [3.05, 3.63) is 57.8 Å². The molecule has 0 fully saturated rings. The van der Waals surface area contributed by atoms with Gasteiger partial charge in [-0.15, -0.1) is 0 Å². The molecule has 2 rings (SSSR count). The molecule has 0 aliphatic carbocycles. The van der Waals surface area contributed by atoms with Crippen molar-refractivity contribution in [2.45, 2.75) is 38.6 Å². The van der Waals surface area contributed by atoms with Gasteiger partial charge in [-0.3, -0.25) is 4.79 Å². The van der Waals surface area contributed by atoms with Gasteiger partial charge >= 0.3 is 0 Å². The predicted octanol–water partition coefficient (Wildman–Crippen LogP) is 4.05. The fourth-order valence-corrected chi connectivity index (χ4v) is 3.43. The number of unbranched alkanes of at least 4 members (excludes halogenated alkanes) is 1. The lowest BCUT2D eigenvalue weighted by atomic mass is 10.0. The number of rotatable bonds is 9. The average molecular weight is 345 g/mol. The maximum Gasteiger partial charge on any atom is 0.224 e. The maximum atomic E-state index is 12.2. The molecule has 0 saturated carbocycles. The Morgan fingerprint density at radius 3 is 2.46 bits per heavy atom. The zero-order valence-corrected chi connectivity index (χ0v) is 15.7. The minimum atomic E-state index is 0.0818. The number of amides is 1. The van der Waals surface area contributed by atoms with E-state index in [1.807, 2.05) is 14.1 Å². The van der Waals surface area contributed by atoms with Crippen LogP contribution in [0.5, 0.6) is 0 Å². The van der Waals surface area contributed by atoms with Gasteiger partial charge in [0, 0.05) is 6.54 Å². The number of hydrogen-bond acceptors (Lipinski definition) is 3. The molecule has 1 aromatic heterocycles. The average Bonchev–Trinajstić information content (AvgIpc) is 3.08. The lowest BCUT2D eigenvalue weighted by molar-refractivity contribution is -0.120. The van der Waals surface area contributed by atoms with E-state index in [1.54, 1.807) is 11.3 Å². The Morgan fingerprint density at radius 2 is 1.88 bits per heavy atom. The Kier molecular flexibility index (Phi) is 7.47. The first-order valence-corrected chi connectivity index (χ1v) is 9.57. The number of nitrogens with zero attached hydrogens (tertiary/aromatic N) is 1. The van der Waals surface area contributed by atoms with E-state index >= 15 is 0 Å². The summed E-state index contributed by atoms with van der Waals surface area (Å²) in [6.07, 6.45) is 3.99. The lowest BCUT2D eigenvalue weighted by Gasteiger charge is -2.24. The standard InChI is InChI=1S/C20H28N2OS/c1-4-5-6-16-7-9-17(10-8-16)13-20(23)21-14-19(22(2)3)18-11-12-24-15-18/h7-12,15,19H,4-6,13-14H2,1-3H3,(H,21,23). The summed E-state index contributed by atoms with van der Waals surface area (Å²) < 4.78 is 0. The van der Waals surface area contributed by atoms with E-state index in [2.05, 4.69) is 58.2 Å². The van der Waals surface area contributed by atoms with Gasteiger partial charge in [-0.05, 0) is 60.5 Å². The van der Waals surface area contributed by atoms with Gasteiger partial charge in [0.1, 0.15) is 0 Å². The number of carbonyl (C=O) groups is 1. The van der Waals surface area contributed by atoms with E-state index in [9.17, 15) is 4.79 Å². The van der Waals surface area contributed by atoms with E-state index in [1.165, 1.54) is 24.0 Å². The quantitative estimate of drug-likeness (QED) is 0.744. The molecule has 130 valence electrons. The SMILES string of the molecule is CCCCc1ccc(CC(=O)NCC(c2ccsc2)N(C)C)cc1. The minimum Gasteiger partial charge on any atom is -0.354 e. The first-order valence-electron chi connectivity index (χ1n) is 8.63. The lowest BCUT2D eigenvalue weighted by Crippen LogP contribution is -2.35. The van der Waals surface area contributed by atoms with Gasteiger partial charge in [0.2, 0.25) is 5.91 Å². The molecule has 1 amide bonds. The Balaban J connectivity index is 1.84. The highest BCUT2D eigenvalue weighted by Crippen LogP contribution is 2.20.